The summed E-state index contributed by atoms with van der Waals surface area (Å²) in [6.07, 6.45) is 13.9. The van der Waals surface area contributed by atoms with Gasteiger partial charge >= 0.3 is 0 Å². The molecule has 0 fully saturated rings. The fourth-order valence-corrected chi connectivity index (χ4v) is 4.05. The van der Waals surface area contributed by atoms with E-state index < -0.39 is 0 Å². The predicted molar refractivity (Wildman–Crippen MR) is 188 cm³/mol. The molecule has 0 spiro atoms. The number of pyridine rings is 8. The zero-order valence-electron chi connectivity index (χ0n) is 26.5. The van der Waals surface area contributed by atoms with E-state index in [2.05, 4.69) is 52.0 Å². The van der Waals surface area contributed by atoms with Crippen molar-refractivity contribution in [1.29, 1.82) is 0 Å². The van der Waals surface area contributed by atoms with E-state index in [0.717, 1.165) is 45.6 Å². The van der Waals surface area contributed by atoms with Crippen LogP contribution >= 0.6 is 0 Å². The monoisotopic (exact) mass is 1010 g/mol. The summed E-state index contributed by atoms with van der Waals surface area (Å²) in [5.41, 5.74) is 6.92. The summed E-state index contributed by atoms with van der Waals surface area (Å²) in [6.45, 7) is 0. The standard InChI is InChI=1S/2C15H11N3.2C5H4N.2Pt/c2*1-3-10-16-12(6-1)14-8-5-9-15(18-14)13-7-2-4-11-17-13;2*1-2-4-6-5-3-1;;/h2*1-11H;2*2-5H;;/q;;2*-1;;. The third-order valence-corrected chi connectivity index (χ3v) is 6.23. The molecule has 8 heterocycles. The molecular weight excluding hydrogens is 983 g/mol. The second-order valence-electron chi connectivity index (χ2n) is 9.57. The molecule has 0 radical (unpaired) electrons. The van der Waals surface area contributed by atoms with Crippen molar-refractivity contribution in [2.24, 2.45) is 0 Å². The number of aromatic nitrogens is 8. The molecule has 50 heavy (non-hydrogen) atoms. The minimum atomic E-state index is 0. The Balaban J connectivity index is 0.000000198. The minimum absolute atomic E-state index is 0. The van der Waals surface area contributed by atoms with Gasteiger partial charge in [-0.15, -0.1) is 0 Å². The Morgan fingerprint density at radius 2 is 0.540 bits per heavy atom. The van der Waals surface area contributed by atoms with Crippen molar-refractivity contribution >= 4 is 0 Å². The third kappa shape index (κ3) is 13.2. The summed E-state index contributed by atoms with van der Waals surface area (Å²) in [5.74, 6) is 0. The number of hydrogen-bond acceptors (Lipinski definition) is 8. The number of hydrogen-bond donors (Lipinski definition) is 0. The van der Waals surface area contributed by atoms with Gasteiger partial charge in [-0.3, -0.25) is 19.9 Å². The molecule has 0 aliphatic heterocycles. The van der Waals surface area contributed by atoms with E-state index in [-0.39, 0.29) is 42.1 Å². The van der Waals surface area contributed by atoms with Gasteiger partial charge < -0.3 is 9.97 Å². The molecule has 8 aromatic heterocycles. The van der Waals surface area contributed by atoms with Gasteiger partial charge in [-0.2, -0.15) is 36.4 Å². The summed E-state index contributed by atoms with van der Waals surface area (Å²) in [4.78, 5) is 33.9. The van der Waals surface area contributed by atoms with E-state index in [1.807, 2.05) is 109 Å². The molecule has 0 bridgehead atoms. The summed E-state index contributed by atoms with van der Waals surface area (Å²) in [5, 5.41) is 0. The summed E-state index contributed by atoms with van der Waals surface area (Å²) in [7, 11) is 0. The molecule has 0 aliphatic carbocycles. The molecule has 0 saturated carbocycles. The molecule has 0 aromatic carbocycles. The van der Waals surface area contributed by atoms with E-state index in [0.29, 0.717) is 0 Å². The Hall–Kier alpha value is -5.42. The van der Waals surface area contributed by atoms with Crippen molar-refractivity contribution in [2.75, 3.05) is 0 Å². The molecule has 0 aliphatic rings. The van der Waals surface area contributed by atoms with Gasteiger partial charge in [-0.05, 0) is 72.8 Å². The van der Waals surface area contributed by atoms with Crippen LogP contribution in [0.5, 0.6) is 0 Å². The maximum atomic E-state index is 4.59. The van der Waals surface area contributed by atoms with Gasteiger partial charge in [0.1, 0.15) is 0 Å². The molecular formula is C40H30N8Pt2-2. The first-order chi connectivity index (χ1) is 23.9. The van der Waals surface area contributed by atoms with Crippen LogP contribution in [0.4, 0.5) is 0 Å². The Kier molecular flexibility index (Phi) is 18.0. The minimum Gasteiger partial charge on any atom is -0.391 e. The predicted octanol–water partition coefficient (Wildman–Crippen LogP) is 8.17. The van der Waals surface area contributed by atoms with E-state index in [1.165, 1.54) is 0 Å². The maximum absolute atomic E-state index is 4.59. The average Bonchev–Trinajstić information content (AvgIpc) is 3.21. The van der Waals surface area contributed by atoms with Gasteiger partial charge in [0.05, 0.1) is 45.6 Å². The van der Waals surface area contributed by atoms with Crippen LogP contribution in [0.15, 0.2) is 183 Å². The van der Waals surface area contributed by atoms with Crippen LogP contribution in [0.3, 0.4) is 0 Å². The summed E-state index contributed by atoms with van der Waals surface area (Å²) >= 11 is 0. The van der Waals surface area contributed by atoms with Crippen molar-refractivity contribution in [3.05, 3.63) is 195 Å². The largest absolute Gasteiger partial charge is 0.391 e. The molecule has 0 atom stereocenters. The van der Waals surface area contributed by atoms with E-state index in [9.17, 15) is 0 Å². The topological polar surface area (TPSA) is 103 Å². The second-order valence-corrected chi connectivity index (χ2v) is 9.57. The van der Waals surface area contributed by atoms with E-state index >= 15 is 0 Å². The maximum Gasteiger partial charge on any atom is 0.0894 e. The molecule has 0 amide bonds. The Morgan fingerprint density at radius 3 is 0.720 bits per heavy atom. The molecule has 0 saturated heterocycles. The van der Waals surface area contributed by atoms with Crippen molar-refractivity contribution in [1.82, 2.24) is 39.9 Å². The second kappa shape index (κ2) is 23.0. The first-order valence-electron chi connectivity index (χ1n) is 15.0. The summed E-state index contributed by atoms with van der Waals surface area (Å²) < 4.78 is 0. The first-order valence-corrected chi connectivity index (χ1v) is 15.0. The zero-order valence-corrected chi connectivity index (χ0v) is 31.1. The number of nitrogens with zero attached hydrogens (tertiary/aromatic N) is 8. The fraction of sp³-hybridized carbons (Fsp3) is 0. The van der Waals surface area contributed by atoms with Crippen LogP contribution in [-0.4, -0.2) is 39.9 Å². The van der Waals surface area contributed by atoms with Crippen LogP contribution in [-0.2, 0) is 42.1 Å². The first kappa shape index (κ1) is 39.0. The van der Waals surface area contributed by atoms with Gasteiger partial charge in [0.2, 0.25) is 0 Å². The zero-order chi connectivity index (χ0) is 32.9. The van der Waals surface area contributed by atoms with Gasteiger partial charge in [-0.25, -0.2) is 9.97 Å². The van der Waals surface area contributed by atoms with Crippen LogP contribution in [0.2, 0.25) is 0 Å². The molecule has 8 aromatic rings. The van der Waals surface area contributed by atoms with Crippen molar-refractivity contribution < 1.29 is 42.1 Å². The molecule has 10 heteroatoms. The van der Waals surface area contributed by atoms with Crippen LogP contribution in [0.1, 0.15) is 0 Å². The molecule has 0 N–H and O–H groups in total. The van der Waals surface area contributed by atoms with Crippen molar-refractivity contribution in [2.45, 2.75) is 0 Å². The van der Waals surface area contributed by atoms with E-state index in [4.69, 9.17) is 0 Å². The normalized spacial score (nSPS) is 9.28. The van der Waals surface area contributed by atoms with Gasteiger partial charge in [0.25, 0.3) is 0 Å². The molecule has 252 valence electrons. The quantitative estimate of drug-likeness (QED) is 0.163. The van der Waals surface area contributed by atoms with Crippen molar-refractivity contribution in [3.8, 4) is 45.6 Å². The molecule has 0 unspecified atom stereocenters. The Bertz CT molecular complexity index is 1700. The van der Waals surface area contributed by atoms with Gasteiger partial charge in [-0.1, -0.05) is 61.2 Å². The van der Waals surface area contributed by atoms with Gasteiger partial charge in [0.15, 0.2) is 0 Å². The molecule has 8 nitrogen and oxygen atoms in total. The van der Waals surface area contributed by atoms with E-state index in [1.54, 1.807) is 73.8 Å². The average molecular weight is 1010 g/mol. The van der Waals surface area contributed by atoms with Crippen LogP contribution in [0.25, 0.3) is 45.6 Å². The van der Waals surface area contributed by atoms with Crippen LogP contribution in [0, 0.1) is 12.1 Å². The SMILES string of the molecule is [Pt].[Pt].[c-]1ccncc1.[c-]1ccncc1.c1ccc(-c2cccc(-c3ccccn3)n2)nc1.c1ccc(-c2cccc(-c3ccccn3)n2)nc1. The molecule has 8 rings (SSSR count). The Labute approximate surface area is 320 Å². The van der Waals surface area contributed by atoms with Gasteiger partial charge in [0, 0.05) is 66.9 Å². The summed E-state index contributed by atoms with van der Waals surface area (Å²) in [6, 6.07) is 47.7. The Morgan fingerprint density at radius 1 is 0.280 bits per heavy atom. The fourth-order valence-electron chi connectivity index (χ4n) is 4.05. The van der Waals surface area contributed by atoms with Crippen molar-refractivity contribution in [3.63, 3.8) is 0 Å². The number of rotatable bonds is 4. The third-order valence-electron chi connectivity index (χ3n) is 6.23. The smallest absolute Gasteiger partial charge is 0.0894 e. The van der Waals surface area contributed by atoms with Crippen LogP contribution < -0.4 is 0 Å².